The molecule has 1 saturated heterocycles. The summed E-state index contributed by atoms with van der Waals surface area (Å²) in [5, 5.41) is 12.5. The fourth-order valence-electron chi connectivity index (χ4n) is 5.88. The van der Waals surface area contributed by atoms with Gasteiger partial charge in [0.25, 0.3) is 0 Å². The summed E-state index contributed by atoms with van der Waals surface area (Å²) < 4.78 is 5.63. The first kappa shape index (κ1) is 22.4. The molecule has 2 N–H and O–H groups in total. The van der Waals surface area contributed by atoms with Crippen molar-refractivity contribution in [1.29, 1.82) is 0 Å². The van der Waals surface area contributed by atoms with Gasteiger partial charge in [-0.2, -0.15) is 0 Å². The molecule has 3 atom stereocenters. The third-order valence-electron chi connectivity index (χ3n) is 7.64. The Kier molecular flexibility index (Phi) is 5.80. The quantitative estimate of drug-likeness (QED) is 0.644. The third kappa shape index (κ3) is 3.63. The van der Waals surface area contributed by atoms with Crippen molar-refractivity contribution in [2.45, 2.75) is 56.5 Å². The molecule has 7 heteroatoms. The molecule has 2 aromatic rings. The molecule has 1 heterocycles. The van der Waals surface area contributed by atoms with Crippen LogP contribution in [0.2, 0.25) is 0 Å². The van der Waals surface area contributed by atoms with Crippen molar-refractivity contribution in [2.24, 2.45) is 5.92 Å². The number of carbonyl (C=O) groups is 3. The maximum absolute atomic E-state index is 13.4. The number of carboxylic acid groups (broad SMARTS) is 1. The number of hydrogen-bond donors (Lipinski definition) is 2. The van der Waals surface area contributed by atoms with E-state index in [0.29, 0.717) is 25.8 Å². The summed E-state index contributed by atoms with van der Waals surface area (Å²) >= 11 is 0. The molecule has 2 aromatic carbocycles. The number of carboxylic acids is 1. The summed E-state index contributed by atoms with van der Waals surface area (Å²) in [6.07, 6.45) is 2.57. The van der Waals surface area contributed by atoms with Crippen molar-refractivity contribution in [3.63, 3.8) is 0 Å². The zero-order valence-corrected chi connectivity index (χ0v) is 19.3. The Morgan fingerprint density at radius 3 is 2.38 bits per heavy atom. The van der Waals surface area contributed by atoms with Crippen LogP contribution in [0.25, 0.3) is 11.1 Å². The van der Waals surface area contributed by atoms with Crippen LogP contribution in [-0.2, 0) is 14.3 Å². The minimum atomic E-state index is -1.09. The first-order valence-electron chi connectivity index (χ1n) is 12.1. The van der Waals surface area contributed by atoms with Gasteiger partial charge < -0.3 is 20.1 Å². The van der Waals surface area contributed by atoms with Crippen molar-refractivity contribution in [3.8, 4) is 11.1 Å². The van der Waals surface area contributed by atoms with Gasteiger partial charge >= 0.3 is 12.1 Å². The summed E-state index contributed by atoms with van der Waals surface area (Å²) in [6.45, 7) is 2.51. The summed E-state index contributed by atoms with van der Waals surface area (Å²) in [5.74, 6) is -1.32. The average molecular weight is 463 g/mol. The Balaban J connectivity index is 1.27. The van der Waals surface area contributed by atoms with Crippen LogP contribution in [0.4, 0.5) is 4.79 Å². The van der Waals surface area contributed by atoms with E-state index in [4.69, 9.17) is 4.74 Å². The summed E-state index contributed by atoms with van der Waals surface area (Å²) in [7, 11) is 0. The first-order chi connectivity index (χ1) is 16.5. The van der Waals surface area contributed by atoms with Crippen LogP contribution in [0.1, 0.15) is 56.1 Å². The Labute approximate surface area is 199 Å². The minimum Gasteiger partial charge on any atom is -0.479 e. The highest BCUT2D eigenvalue weighted by Gasteiger charge is 2.67. The Hall–Kier alpha value is -3.35. The molecule has 7 nitrogen and oxygen atoms in total. The van der Waals surface area contributed by atoms with E-state index in [-0.39, 0.29) is 24.3 Å². The fraction of sp³-hybridized carbons (Fsp3) is 0.444. The Morgan fingerprint density at radius 2 is 1.76 bits per heavy atom. The molecule has 3 aliphatic rings. The van der Waals surface area contributed by atoms with E-state index in [1.807, 2.05) is 31.2 Å². The third-order valence-corrected chi connectivity index (χ3v) is 7.64. The second kappa shape index (κ2) is 8.78. The standard InChI is InChI=1S/C27H30N2O5/c1-2-8-23(24(30)29-14-7-9-17-15-27(17,29)25(31)32)28-26(33)34-16-22-20-12-5-3-10-18(20)19-11-4-6-13-21(19)22/h3-6,10-13,17,22-23H,2,7-9,14-16H2,1H3,(H,28,33)(H,31,32)/t17?,23-,27?/m1/s1. The van der Waals surface area contributed by atoms with Crippen LogP contribution in [0.5, 0.6) is 0 Å². The van der Waals surface area contributed by atoms with Crippen LogP contribution < -0.4 is 5.32 Å². The van der Waals surface area contributed by atoms with Crippen LogP contribution in [0, 0.1) is 5.92 Å². The molecule has 2 unspecified atom stereocenters. The van der Waals surface area contributed by atoms with E-state index in [9.17, 15) is 19.5 Å². The molecule has 0 aromatic heterocycles. The molecular formula is C27H30N2O5. The predicted octanol–water partition coefficient (Wildman–Crippen LogP) is 4.16. The van der Waals surface area contributed by atoms with E-state index in [1.165, 1.54) is 4.90 Å². The maximum Gasteiger partial charge on any atom is 0.407 e. The van der Waals surface area contributed by atoms with E-state index in [1.54, 1.807) is 0 Å². The zero-order chi connectivity index (χ0) is 23.9. The smallest absolute Gasteiger partial charge is 0.407 e. The highest BCUT2D eigenvalue weighted by Crippen LogP contribution is 2.54. The van der Waals surface area contributed by atoms with Crippen LogP contribution in [-0.4, -0.2) is 52.7 Å². The summed E-state index contributed by atoms with van der Waals surface area (Å²) in [6, 6.07) is 15.4. The van der Waals surface area contributed by atoms with Gasteiger partial charge in [0.1, 0.15) is 18.2 Å². The van der Waals surface area contributed by atoms with Crippen molar-refractivity contribution in [2.75, 3.05) is 13.2 Å². The number of hydrogen-bond acceptors (Lipinski definition) is 4. The minimum absolute atomic E-state index is 0.0134. The van der Waals surface area contributed by atoms with Gasteiger partial charge in [-0.15, -0.1) is 0 Å². The van der Waals surface area contributed by atoms with Gasteiger partial charge in [0.05, 0.1) is 0 Å². The molecule has 1 saturated carbocycles. The molecule has 5 rings (SSSR count). The van der Waals surface area contributed by atoms with Gasteiger partial charge in [0, 0.05) is 12.5 Å². The first-order valence-corrected chi connectivity index (χ1v) is 12.1. The number of nitrogens with zero attached hydrogens (tertiary/aromatic N) is 1. The van der Waals surface area contributed by atoms with Gasteiger partial charge in [-0.05, 0) is 53.9 Å². The monoisotopic (exact) mass is 462 g/mol. The van der Waals surface area contributed by atoms with Gasteiger partial charge in [0.15, 0.2) is 0 Å². The number of alkyl carbamates (subject to hydrolysis) is 1. The van der Waals surface area contributed by atoms with Crippen molar-refractivity contribution >= 4 is 18.0 Å². The molecule has 0 spiro atoms. The number of ether oxygens (including phenoxy) is 1. The number of aliphatic carboxylic acids is 1. The van der Waals surface area contributed by atoms with Crippen LogP contribution in [0.3, 0.4) is 0 Å². The lowest BCUT2D eigenvalue weighted by Crippen LogP contribution is -2.57. The van der Waals surface area contributed by atoms with Gasteiger partial charge in [-0.1, -0.05) is 61.9 Å². The van der Waals surface area contributed by atoms with E-state index in [2.05, 4.69) is 29.6 Å². The zero-order valence-electron chi connectivity index (χ0n) is 19.3. The molecule has 0 bridgehead atoms. The molecule has 2 fully saturated rings. The molecule has 178 valence electrons. The summed E-state index contributed by atoms with van der Waals surface area (Å²) in [5.41, 5.74) is 3.44. The lowest BCUT2D eigenvalue weighted by atomic mass is 9.98. The normalized spacial score (nSPS) is 23.3. The summed E-state index contributed by atoms with van der Waals surface area (Å²) in [4.78, 5) is 39.6. The number of benzene rings is 2. The highest BCUT2D eigenvalue weighted by atomic mass is 16.5. The number of nitrogens with one attached hydrogen (secondary N) is 1. The van der Waals surface area contributed by atoms with E-state index in [0.717, 1.165) is 35.1 Å². The van der Waals surface area contributed by atoms with Gasteiger partial charge in [-0.3, -0.25) is 4.79 Å². The molecular weight excluding hydrogens is 432 g/mol. The van der Waals surface area contributed by atoms with Gasteiger partial charge in [0.2, 0.25) is 5.91 Å². The SMILES string of the molecule is CCC[C@@H](NC(=O)OCC1c2ccccc2-c2ccccc21)C(=O)N1CCCC2CC21C(=O)O. The lowest BCUT2D eigenvalue weighted by Gasteiger charge is -2.36. The van der Waals surface area contributed by atoms with Crippen molar-refractivity contribution in [1.82, 2.24) is 10.2 Å². The van der Waals surface area contributed by atoms with Crippen molar-refractivity contribution < 1.29 is 24.2 Å². The number of rotatable bonds is 7. The number of likely N-dealkylation sites (tertiary alicyclic amines) is 1. The Morgan fingerprint density at radius 1 is 1.12 bits per heavy atom. The fourth-order valence-corrected chi connectivity index (χ4v) is 5.88. The largest absolute Gasteiger partial charge is 0.479 e. The van der Waals surface area contributed by atoms with Gasteiger partial charge in [-0.25, -0.2) is 9.59 Å². The van der Waals surface area contributed by atoms with E-state index >= 15 is 0 Å². The molecule has 2 aliphatic carbocycles. The number of fused-ring (bicyclic) bond motifs is 4. The topological polar surface area (TPSA) is 95.9 Å². The van der Waals surface area contributed by atoms with Crippen molar-refractivity contribution in [3.05, 3.63) is 59.7 Å². The molecule has 1 aliphatic heterocycles. The number of piperidine rings is 1. The molecule has 0 radical (unpaired) electrons. The average Bonchev–Trinajstić information content (AvgIpc) is 3.53. The highest BCUT2D eigenvalue weighted by molar-refractivity contribution is 5.94. The molecule has 34 heavy (non-hydrogen) atoms. The predicted molar refractivity (Wildman–Crippen MR) is 126 cm³/mol. The van der Waals surface area contributed by atoms with E-state index < -0.39 is 23.6 Å². The maximum atomic E-state index is 13.4. The molecule has 2 amide bonds. The lowest BCUT2D eigenvalue weighted by molar-refractivity contribution is -0.155. The number of amides is 2. The second-order valence-electron chi connectivity index (χ2n) is 9.57. The van der Waals surface area contributed by atoms with Crippen LogP contribution >= 0.6 is 0 Å². The second-order valence-corrected chi connectivity index (χ2v) is 9.57. The number of carbonyl (C=O) groups excluding carboxylic acids is 2. The Bertz CT molecular complexity index is 1090. The van der Waals surface area contributed by atoms with Crippen LogP contribution in [0.15, 0.2) is 48.5 Å².